The second kappa shape index (κ2) is 10.7. The predicted octanol–water partition coefficient (Wildman–Crippen LogP) is 1.85. The van der Waals surface area contributed by atoms with Gasteiger partial charge < -0.3 is 20.7 Å². The number of rotatable bonds is 9. The molecule has 1 fully saturated rings. The molecular weight excluding hydrogens is 372 g/mol. The van der Waals surface area contributed by atoms with Crippen LogP contribution in [0.25, 0.3) is 0 Å². The van der Waals surface area contributed by atoms with Crippen molar-refractivity contribution in [3.8, 4) is 0 Å². The maximum atomic E-state index is 12.1. The molecule has 0 bridgehead atoms. The van der Waals surface area contributed by atoms with Crippen LogP contribution < -0.4 is 11.1 Å². The van der Waals surface area contributed by atoms with Gasteiger partial charge in [0.25, 0.3) is 5.69 Å². The molecule has 2 rings (SSSR count). The molecule has 1 saturated heterocycles. The lowest BCUT2D eigenvalue weighted by Crippen LogP contribution is -2.42. The van der Waals surface area contributed by atoms with Crippen LogP contribution in [0.15, 0.2) is 24.3 Å². The molecule has 0 radical (unpaired) electrons. The van der Waals surface area contributed by atoms with Crippen molar-refractivity contribution in [1.82, 2.24) is 10.2 Å². The molecule has 1 aromatic carbocycles. The monoisotopic (exact) mass is 396 g/mol. The van der Waals surface area contributed by atoms with E-state index in [-0.39, 0.29) is 18.2 Å². The zero-order chi connectivity index (χ0) is 19.6. The SMILES string of the molecule is N[C@@H](CCCCNC(=O)OCc1ccc([N+](=O)[O-])cc1)C(=O)N1CCSC1. The number of alkyl carbamates (subject to hydrolysis) is 1. The summed E-state index contributed by atoms with van der Waals surface area (Å²) in [5.41, 5.74) is 6.58. The molecular formula is C17H24N4O5S. The van der Waals surface area contributed by atoms with E-state index in [4.69, 9.17) is 10.5 Å². The maximum absolute atomic E-state index is 12.1. The number of non-ortho nitro benzene ring substituents is 1. The third kappa shape index (κ3) is 7.06. The van der Waals surface area contributed by atoms with Crippen LogP contribution >= 0.6 is 11.8 Å². The summed E-state index contributed by atoms with van der Waals surface area (Å²) >= 11 is 1.73. The van der Waals surface area contributed by atoms with Crippen LogP contribution in [-0.4, -0.2) is 52.6 Å². The average Bonchev–Trinajstić information content (AvgIpc) is 3.20. The van der Waals surface area contributed by atoms with Crippen LogP contribution in [0.2, 0.25) is 0 Å². The van der Waals surface area contributed by atoms with Crippen molar-refractivity contribution in [3.05, 3.63) is 39.9 Å². The molecule has 0 saturated carbocycles. The van der Waals surface area contributed by atoms with E-state index in [1.54, 1.807) is 28.8 Å². The Bertz CT molecular complexity index is 649. The number of hydrogen-bond acceptors (Lipinski definition) is 7. The number of nitrogens with two attached hydrogens (primary N) is 1. The highest BCUT2D eigenvalue weighted by Gasteiger charge is 2.23. The number of amides is 2. The standard InChI is InChI=1S/C17H24N4O5S/c18-15(16(22)20-9-10-27-12-20)3-1-2-8-19-17(23)26-11-13-4-6-14(7-5-13)21(24)25/h4-7,15H,1-3,8-12,18H2,(H,19,23)/t15-/m0/s1. The number of carbonyl (C=O) groups excluding carboxylic acids is 2. The second-order valence-electron chi connectivity index (χ2n) is 6.17. The molecule has 1 aromatic rings. The van der Waals surface area contributed by atoms with Gasteiger partial charge in [0.15, 0.2) is 0 Å². The van der Waals surface area contributed by atoms with Crippen molar-refractivity contribution in [2.45, 2.75) is 31.9 Å². The fourth-order valence-corrected chi connectivity index (χ4v) is 3.49. The number of thioether (sulfide) groups is 1. The zero-order valence-corrected chi connectivity index (χ0v) is 15.8. The third-order valence-electron chi connectivity index (χ3n) is 4.11. The quantitative estimate of drug-likeness (QED) is 0.370. The van der Waals surface area contributed by atoms with Crippen molar-refractivity contribution in [1.29, 1.82) is 0 Å². The third-order valence-corrected chi connectivity index (χ3v) is 5.08. The van der Waals surface area contributed by atoms with E-state index in [0.717, 1.165) is 18.7 Å². The molecule has 148 valence electrons. The number of hydrogen-bond donors (Lipinski definition) is 2. The summed E-state index contributed by atoms with van der Waals surface area (Å²) in [4.78, 5) is 35.6. The molecule has 1 heterocycles. The number of nitro groups is 1. The predicted molar refractivity (Wildman–Crippen MR) is 102 cm³/mol. The topological polar surface area (TPSA) is 128 Å². The molecule has 10 heteroatoms. The fourth-order valence-electron chi connectivity index (χ4n) is 2.54. The first kappa shape index (κ1) is 21.0. The minimum atomic E-state index is -0.553. The number of nitrogens with zero attached hydrogens (tertiary/aromatic N) is 2. The van der Waals surface area contributed by atoms with Gasteiger partial charge in [-0.2, -0.15) is 0 Å². The summed E-state index contributed by atoms with van der Waals surface area (Å²) in [5.74, 6) is 1.68. The molecule has 0 spiro atoms. The van der Waals surface area contributed by atoms with Crippen molar-refractivity contribution >= 4 is 29.4 Å². The number of nitro benzene ring substituents is 1. The van der Waals surface area contributed by atoms with Crippen molar-refractivity contribution in [2.24, 2.45) is 5.73 Å². The summed E-state index contributed by atoms with van der Waals surface area (Å²) in [6.07, 6.45) is 1.46. The summed E-state index contributed by atoms with van der Waals surface area (Å²) < 4.78 is 5.05. The van der Waals surface area contributed by atoms with Gasteiger partial charge in [-0.15, -0.1) is 11.8 Å². The summed E-state index contributed by atoms with van der Waals surface area (Å²) in [7, 11) is 0. The van der Waals surface area contributed by atoms with E-state index >= 15 is 0 Å². The van der Waals surface area contributed by atoms with Crippen molar-refractivity contribution < 1.29 is 19.2 Å². The normalized spacial score (nSPS) is 14.6. The molecule has 0 unspecified atom stereocenters. The Hall–Kier alpha value is -2.33. The van der Waals surface area contributed by atoms with Gasteiger partial charge in [-0.05, 0) is 37.0 Å². The molecule has 27 heavy (non-hydrogen) atoms. The lowest BCUT2D eigenvalue weighted by Gasteiger charge is -2.19. The smallest absolute Gasteiger partial charge is 0.407 e. The highest BCUT2D eigenvalue weighted by atomic mass is 32.2. The fraction of sp³-hybridized carbons (Fsp3) is 0.529. The van der Waals surface area contributed by atoms with Gasteiger partial charge in [0.1, 0.15) is 6.61 Å². The van der Waals surface area contributed by atoms with Gasteiger partial charge in [0.05, 0.1) is 16.8 Å². The first-order valence-electron chi connectivity index (χ1n) is 8.73. The lowest BCUT2D eigenvalue weighted by molar-refractivity contribution is -0.384. The van der Waals surface area contributed by atoms with Gasteiger partial charge in [-0.3, -0.25) is 14.9 Å². The van der Waals surface area contributed by atoms with Crippen molar-refractivity contribution in [2.75, 3.05) is 24.7 Å². The van der Waals surface area contributed by atoms with Crippen LogP contribution in [0.4, 0.5) is 10.5 Å². The minimum absolute atomic E-state index is 0.00420. The van der Waals surface area contributed by atoms with E-state index < -0.39 is 17.1 Å². The average molecular weight is 396 g/mol. The van der Waals surface area contributed by atoms with Crippen LogP contribution in [-0.2, 0) is 16.1 Å². The highest BCUT2D eigenvalue weighted by molar-refractivity contribution is 7.99. The van der Waals surface area contributed by atoms with Crippen LogP contribution in [0.5, 0.6) is 0 Å². The Balaban J connectivity index is 1.55. The largest absolute Gasteiger partial charge is 0.445 e. The van der Waals surface area contributed by atoms with Gasteiger partial charge in [0.2, 0.25) is 5.91 Å². The molecule has 1 aliphatic heterocycles. The van der Waals surface area contributed by atoms with E-state index in [1.807, 2.05) is 0 Å². The van der Waals surface area contributed by atoms with Crippen LogP contribution in [0, 0.1) is 10.1 Å². The molecule has 2 amide bonds. The summed E-state index contributed by atoms with van der Waals surface area (Å²) in [6.45, 7) is 1.23. The number of benzene rings is 1. The maximum Gasteiger partial charge on any atom is 0.407 e. The Morgan fingerprint density at radius 3 is 2.70 bits per heavy atom. The van der Waals surface area contributed by atoms with E-state index in [9.17, 15) is 19.7 Å². The Morgan fingerprint density at radius 2 is 2.07 bits per heavy atom. The summed E-state index contributed by atoms with van der Waals surface area (Å²) in [6, 6.07) is 5.33. The number of carbonyl (C=O) groups is 2. The summed E-state index contributed by atoms with van der Waals surface area (Å²) in [5, 5.41) is 13.2. The molecule has 1 aliphatic rings. The van der Waals surface area contributed by atoms with Gasteiger partial charge in [-0.1, -0.05) is 0 Å². The van der Waals surface area contributed by atoms with E-state index in [2.05, 4.69) is 5.32 Å². The first-order chi connectivity index (χ1) is 13.0. The van der Waals surface area contributed by atoms with E-state index in [0.29, 0.717) is 30.8 Å². The molecule has 0 aromatic heterocycles. The van der Waals surface area contributed by atoms with Gasteiger partial charge in [0, 0.05) is 31.0 Å². The van der Waals surface area contributed by atoms with E-state index in [1.165, 1.54) is 12.1 Å². The van der Waals surface area contributed by atoms with Gasteiger partial charge >= 0.3 is 6.09 Å². The number of unbranched alkanes of at least 4 members (excludes halogenated alkanes) is 1. The molecule has 1 atom stereocenters. The zero-order valence-electron chi connectivity index (χ0n) is 15.0. The number of ether oxygens (including phenoxy) is 1. The van der Waals surface area contributed by atoms with Crippen molar-refractivity contribution in [3.63, 3.8) is 0 Å². The highest BCUT2D eigenvalue weighted by Crippen LogP contribution is 2.15. The Kier molecular flexibility index (Phi) is 8.34. The second-order valence-corrected chi connectivity index (χ2v) is 7.24. The minimum Gasteiger partial charge on any atom is -0.445 e. The lowest BCUT2D eigenvalue weighted by atomic mass is 10.1. The molecule has 9 nitrogen and oxygen atoms in total. The number of nitrogens with one attached hydrogen (secondary N) is 1. The Morgan fingerprint density at radius 1 is 1.33 bits per heavy atom. The Labute approximate surface area is 161 Å². The molecule has 3 N–H and O–H groups in total. The first-order valence-corrected chi connectivity index (χ1v) is 9.89. The van der Waals surface area contributed by atoms with Gasteiger partial charge in [-0.25, -0.2) is 4.79 Å². The van der Waals surface area contributed by atoms with Crippen LogP contribution in [0.3, 0.4) is 0 Å². The molecule has 0 aliphatic carbocycles. The van der Waals surface area contributed by atoms with Crippen LogP contribution in [0.1, 0.15) is 24.8 Å².